The van der Waals surface area contributed by atoms with E-state index in [1.165, 1.54) is 12.7 Å². The van der Waals surface area contributed by atoms with Crippen molar-refractivity contribution >= 4 is 18.0 Å². The van der Waals surface area contributed by atoms with Crippen LogP contribution in [0.15, 0.2) is 35.3 Å². The van der Waals surface area contributed by atoms with Gasteiger partial charge in [0.05, 0.1) is 13.7 Å². The van der Waals surface area contributed by atoms with Gasteiger partial charge < -0.3 is 25.2 Å². The number of benzene rings is 1. The largest absolute Gasteiger partial charge is 0.453 e. The minimum absolute atomic E-state index is 0.113. The Labute approximate surface area is 185 Å². The van der Waals surface area contributed by atoms with Crippen LogP contribution in [0.1, 0.15) is 31.2 Å². The topological polar surface area (TPSA) is 86.3 Å². The summed E-state index contributed by atoms with van der Waals surface area (Å²) < 4.78 is 4.77. The van der Waals surface area contributed by atoms with E-state index in [0.29, 0.717) is 25.0 Å². The lowest BCUT2D eigenvalue weighted by atomic mass is 9.90. The first-order chi connectivity index (χ1) is 15.1. The molecule has 2 aliphatic rings. The Balaban J connectivity index is 1.35. The Morgan fingerprint density at radius 1 is 1.03 bits per heavy atom. The number of ether oxygens (including phenoxy) is 1. The van der Waals surface area contributed by atoms with Crippen LogP contribution >= 0.6 is 0 Å². The molecule has 1 aromatic rings. The third-order valence-electron chi connectivity index (χ3n) is 6.23. The molecule has 2 heterocycles. The van der Waals surface area contributed by atoms with Crippen molar-refractivity contribution in [1.29, 1.82) is 0 Å². The molecule has 3 rings (SSSR count). The zero-order valence-corrected chi connectivity index (χ0v) is 18.7. The maximum absolute atomic E-state index is 12.6. The smallest absolute Gasteiger partial charge is 0.409 e. The number of guanidine groups is 1. The highest BCUT2D eigenvalue weighted by Gasteiger charge is 2.25. The molecule has 0 aliphatic carbocycles. The fraction of sp³-hybridized carbons (Fsp3) is 0.609. The highest BCUT2D eigenvalue weighted by atomic mass is 16.5. The van der Waals surface area contributed by atoms with Crippen molar-refractivity contribution in [2.75, 3.05) is 46.9 Å². The van der Waals surface area contributed by atoms with E-state index in [9.17, 15) is 9.59 Å². The summed E-state index contributed by atoms with van der Waals surface area (Å²) in [5.41, 5.74) is 1.38. The van der Waals surface area contributed by atoms with Crippen LogP contribution in [0.2, 0.25) is 0 Å². The minimum Gasteiger partial charge on any atom is -0.453 e. The van der Waals surface area contributed by atoms with Crippen molar-refractivity contribution in [3.63, 3.8) is 0 Å². The summed E-state index contributed by atoms with van der Waals surface area (Å²) in [6, 6.07) is 10.8. The molecule has 0 unspecified atom stereocenters. The molecule has 0 saturated carbocycles. The third kappa shape index (κ3) is 6.87. The average Bonchev–Trinajstić information content (AvgIpc) is 2.82. The molecular weight excluding hydrogens is 394 g/mol. The number of carbonyl (C=O) groups is 2. The highest BCUT2D eigenvalue weighted by molar-refractivity contribution is 5.86. The van der Waals surface area contributed by atoms with E-state index in [4.69, 9.17) is 4.74 Å². The lowest BCUT2D eigenvalue weighted by molar-refractivity contribution is -0.131. The number of nitrogens with zero attached hydrogens (tertiary/aromatic N) is 3. The first-order valence-electron chi connectivity index (χ1n) is 11.2. The summed E-state index contributed by atoms with van der Waals surface area (Å²) >= 11 is 0. The molecule has 8 heteroatoms. The van der Waals surface area contributed by atoms with Crippen LogP contribution in [0.4, 0.5) is 4.79 Å². The Morgan fingerprint density at radius 3 is 2.29 bits per heavy atom. The van der Waals surface area contributed by atoms with Crippen LogP contribution in [-0.4, -0.2) is 80.7 Å². The van der Waals surface area contributed by atoms with Crippen LogP contribution in [0.3, 0.4) is 0 Å². The number of nitrogens with one attached hydrogen (secondary N) is 2. The van der Waals surface area contributed by atoms with Gasteiger partial charge in [-0.2, -0.15) is 0 Å². The van der Waals surface area contributed by atoms with Crippen LogP contribution < -0.4 is 10.6 Å². The van der Waals surface area contributed by atoms with Crippen molar-refractivity contribution in [2.24, 2.45) is 10.9 Å². The van der Waals surface area contributed by atoms with Crippen molar-refractivity contribution < 1.29 is 14.3 Å². The minimum atomic E-state index is -0.279. The van der Waals surface area contributed by atoms with Crippen molar-refractivity contribution in [2.45, 2.75) is 38.1 Å². The van der Waals surface area contributed by atoms with Crippen LogP contribution in [-0.2, 0) is 16.0 Å². The van der Waals surface area contributed by atoms with Crippen molar-refractivity contribution in [1.82, 2.24) is 20.4 Å². The van der Waals surface area contributed by atoms with Crippen LogP contribution in [0.5, 0.6) is 0 Å². The van der Waals surface area contributed by atoms with E-state index < -0.39 is 0 Å². The van der Waals surface area contributed by atoms with E-state index in [2.05, 4.69) is 39.9 Å². The quantitative estimate of drug-likeness (QED) is 0.551. The first-order valence-corrected chi connectivity index (χ1v) is 11.2. The number of amides is 2. The molecule has 0 bridgehead atoms. The number of carbonyl (C=O) groups excluding carboxylic acids is 2. The Kier molecular flexibility index (Phi) is 8.55. The van der Waals surface area contributed by atoms with Gasteiger partial charge in [-0.05, 0) is 43.6 Å². The number of hydrogen-bond donors (Lipinski definition) is 2. The van der Waals surface area contributed by atoms with Gasteiger partial charge in [0.25, 0.3) is 0 Å². The molecule has 2 fully saturated rings. The molecule has 2 saturated heterocycles. The first kappa shape index (κ1) is 22.9. The molecule has 31 heavy (non-hydrogen) atoms. The molecule has 8 nitrogen and oxygen atoms in total. The Morgan fingerprint density at radius 2 is 1.68 bits per heavy atom. The van der Waals surface area contributed by atoms with Gasteiger partial charge in [-0.1, -0.05) is 30.3 Å². The lowest BCUT2D eigenvalue weighted by Gasteiger charge is -2.33. The molecule has 0 atom stereocenters. The van der Waals surface area contributed by atoms with Gasteiger partial charge in [0.2, 0.25) is 5.91 Å². The second kappa shape index (κ2) is 11.6. The number of aliphatic imine (C=N–C) groups is 1. The third-order valence-corrected chi connectivity index (χ3v) is 6.23. The van der Waals surface area contributed by atoms with Gasteiger partial charge in [0.1, 0.15) is 0 Å². The maximum Gasteiger partial charge on any atom is 0.409 e. The fourth-order valence-corrected chi connectivity index (χ4v) is 4.33. The molecule has 170 valence electrons. The van der Waals surface area contributed by atoms with Crippen molar-refractivity contribution in [3.05, 3.63) is 35.9 Å². The zero-order chi connectivity index (χ0) is 22.1. The molecule has 0 aromatic heterocycles. The molecule has 1 aromatic carbocycles. The van der Waals surface area contributed by atoms with Gasteiger partial charge in [-0.3, -0.25) is 9.79 Å². The summed E-state index contributed by atoms with van der Waals surface area (Å²) in [6.45, 7) is 3.17. The van der Waals surface area contributed by atoms with Crippen molar-refractivity contribution in [3.8, 4) is 0 Å². The molecule has 2 N–H and O–H groups in total. The average molecular weight is 430 g/mol. The van der Waals surface area contributed by atoms with E-state index in [1.807, 2.05) is 11.0 Å². The standard InChI is InChI=1S/C23H35N5O3/c1-24-22(26-20-10-14-28(15-11-20)23(30)31-2)25-17-21(29)27-12-8-19(9-13-27)16-18-6-4-3-5-7-18/h3-7,19-20H,8-17H2,1-2H3,(H2,24,25,26). The Hall–Kier alpha value is -2.77. The van der Waals surface area contributed by atoms with Gasteiger partial charge in [-0.15, -0.1) is 0 Å². The van der Waals surface area contributed by atoms with E-state index in [1.54, 1.807) is 11.9 Å². The second-order valence-electron chi connectivity index (χ2n) is 8.32. The second-order valence-corrected chi connectivity index (χ2v) is 8.32. The summed E-state index contributed by atoms with van der Waals surface area (Å²) in [5.74, 6) is 1.38. The fourth-order valence-electron chi connectivity index (χ4n) is 4.33. The predicted molar refractivity (Wildman–Crippen MR) is 121 cm³/mol. The summed E-state index contributed by atoms with van der Waals surface area (Å²) in [4.78, 5) is 32.2. The van der Waals surface area contributed by atoms with Crippen LogP contribution in [0, 0.1) is 5.92 Å². The number of rotatable bonds is 5. The number of methoxy groups -OCH3 is 1. The summed E-state index contributed by atoms with van der Waals surface area (Å²) in [5, 5.41) is 6.52. The van der Waals surface area contributed by atoms with Gasteiger partial charge >= 0.3 is 6.09 Å². The molecule has 2 aliphatic heterocycles. The molecular formula is C23H35N5O3. The van der Waals surface area contributed by atoms with E-state index >= 15 is 0 Å². The SMILES string of the molecule is CN=C(NCC(=O)N1CCC(Cc2ccccc2)CC1)NC1CCN(C(=O)OC)CC1. The van der Waals surface area contributed by atoms with Crippen LogP contribution in [0.25, 0.3) is 0 Å². The maximum atomic E-state index is 12.6. The number of hydrogen-bond acceptors (Lipinski definition) is 4. The molecule has 2 amide bonds. The van der Waals surface area contributed by atoms with E-state index in [0.717, 1.165) is 45.2 Å². The summed E-state index contributed by atoms with van der Waals surface area (Å²) in [7, 11) is 3.11. The summed E-state index contributed by atoms with van der Waals surface area (Å²) in [6.07, 6.45) is 4.54. The van der Waals surface area contributed by atoms with Gasteiger partial charge in [0.15, 0.2) is 5.96 Å². The number of likely N-dealkylation sites (tertiary alicyclic amines) is 2. The predicted octanol–water partition coefficient (Wildman–Crippen LogP) is 1.86. The van der Waals surface area contributed by atoms with Gasteiger partial charge in [-0.25, -0.2) is 4.79 Å². The van der Waals surface area contributed by atoms with E-state index in [-0.39, 0.29) is 24.6 Å². The monoisotopic (exact) mass is 429 g/mol. The van der Waals surface area contributed by atoms with Gasteiger partial charge in [0, 0.05) is 39.3 Å². The normalized spacial score (nSPS) is 18.6. The highest BCUT2D eigenvalue weighted by Crippen LogP contribution is 2.21. The number of piperidine rings is 2. The lowest BCUT2D eigenvalue weighted by Crippen LogP contribution is -2.51. The molecule has 0 radical (unpaired) electrons. The molecule has 0 spiro atoms. The Bertz CT molecular complexity index is 739. The zero-order valence-electron chi connectivity index (χ0n) is 18.7.